The number of thiophene rings is 1. The van der Waals surface area contributed by atoms with E-state index in [1.165, 1.54) is 10.3 Å². The van der Waals surface area contributed by atoms with Crippen molar-refractivity contribution in [1.29, 1.82) is 0 Å². The minimum Gasteiger partial charge on any atom is -0.456 e. The molecule has 0 atom stereocenters. The van der Waals surface area contributed by atoms with Crippen molar-refractivity contribution < 1.29 is 4.42 Å². The van der Waals surface area contributed by atoms with Gasteiger partial charge in [0, 0.05) is 49.4 Å². The number of benzene rings is 8. The van der Waals surface area contributed by atoms with Crippen LogP contribution in [0.15, 0.2) is 192 Å². The summed E-state index contributed by atoms with van der Waals surface area (Å²) in [6, 6.07) is 66.0. The van der Waals surface area contributed by atoms with Crippen LogP contribution in [-0.4, -0.2) is 9.97 Å². The van der Waals surface area contributed by atoms with Gasteiger partial charge in [0.25, 0.3) is 0 Å². The first kappa shape index (κ1) is 31.4. The molecule has 0 saturated heterocycles. The predicted octanol–water partition coefficient (Wildman–Crippen LogP) is 14.4. The van der Waals surface area contributed by atoms with Gasteiger partial charge in [-0.1, -0.05) is 133 Å². The van der Waals surface area contributed by atoms with Gasteiger partial charge in [-0.25, -0.2) is 9.97 Å². The summed E-state index contributed by atoms with van der Waals surface area (Å²) in [4.78, 5) is 13.2. The summed E-state index contributed by atoms with van der Waals surface area (Å²) < 4.78 is 9.11. The Hall–Kier alpha value is -7.08. The zero-order valence-electron chi connectivity index (χ0n) is 29.6. The molecule has 55 heavy (non-hydrogen) atoms. The SMILES string of the molecule is c1ccc(-c2ccc(N(c3ccccc3)c3cc(-c4nc(-c5ccccc5)c5sc6ccccc6c5n4)c4c(c3)oc3cc5ccccc5cc34)cc2)cc1. The van der Waals surface area contributed by atoms with Crippen molar-refractivity contribution in [1.82, 2.24) is 9.97 Å². The second kappa shape index (κ2) is 12.8. The average molecular weight is 722 g/mol. The van der Waals surface area contributed by atoms with E-state index >= 15 is 0 Å². The molecule has 0 fully saturated rings. The lowest BCUT2D eigenvalue weighted by Crippen LogP contribution is -2.10. The number of nitrogens with zero attached hydrogens (tertiary/aromatic N) is 3. The fourth-order valence-corrected chi connectivity index (χ4v) is 9.00. The van der Waals surface area contributed by atoms with Crippen molar-refractivity contribution in [2.45, 2.75) is 0 Å². The van der Waals surface area contributed by atoms with Crippen LogP contribution in [0.4, 0.5) is 17.1 Å². The van der Waals surface area contributed by atoms with E-state index in [4.69, 9.17) is 14.4 Å². The summed E-state index contributed by atoms with van der Waals surface area (Å²) in [5.74, 6) is 0.657. The highest BCUT2D eigenvalue weighted by Crippen LogP contribution is 2.46. The Morgan fingerprint density at radius 1 is 0.455 bits per heavy atom. The van der Waals surface area contributed by atoms with E-state index in [1.54, 1.807) is 11.3 Å². The minimum atomic E-state index is 0.657. The van der Waals surface area contributed by atoms with Crippen LogP contribution in [0, 0.1) is 0 Å². The van der Waals surface area contributed by atoms with Gasteiger partial charge in [-0.3, -0.25) is 0 Å². The molecular formula is C50H31N3OS. The first-order valence-corrected chi connectivity index (χ1v) is 19.2. The Morgan fingerprint density at radius 2 is 1.07 bits per heavy atom. The van der Waals surface area contributed by atoms with Crippen molar-refractivity contribution in [3.8, 4) is 33.8 Å². The third-order valence-corrected chi connectivity index (χ3v) is 11.6. The van der Waals surface area contributed by atoms with Crippen molar-refractivity contribution >= 4 is 81.4 Å². The van der Waals surface area contributed by atoms with Crippen LogP contribution >= 0.6 is 11.3 Å². The zero-order chi connectivity index (χ0) is 36.3. The number of anilines is 3. The van der Waals surface area contributed by atoms with Gasteiger partial charge < -0.3 is 9.32 Å². The lowest BCUT2D eigenvalue weighted by Gasteiger charge is -2.26. The molecule has 0 saturated carbocycles. The van der Waals surface area contributed by atoms with Gasteiger partial charge in [0.15, 0.2) is 5.82 Å². The maximum absolute atomic E-state index is 6.84. The molecule has 0 radical (unpaired) electrons. The normalized spacial score (nSPS) is 11.6. The highest BCUT2D eigenvalue weighted by atomic mass is 32.1. The van der Waals surface area contributed by atoms with Gasteiger partial charge in [0.1, 0.15) is 11.2 Å². The molecule has 11 rings (SSSR count). The predicted molar refractivity (Wildman–Crippen MR) is 231 cm³/mol. The van der Waals surface area contributed by atoms with Crippen LogP contribution in [0.2, 0.25) is 0 Å². The smallest absolute Gasteiger partial charge is 0.161 e. The quantitative estimate of drug-likeness (QED) is 0.171. The maximum atomic E-state index is 6.84. The fraction of sp³-hybridized carbons (Fsp3) is 0. The molecular weight excluding hydrogens is 691 g/mol. The van der Waals surface area contributed by atoms with E-state index < -0.39 is 0 Å². The molecule has 8 aromatic carbocycles. The topological polar surface area (TPSA) is 42.2 Å². The number of hydrogen-bond acceptors (Lipinski definition) is 5. The molecule has 0 aliphatic rings. The summed E-state index contributed by atoms with van der Waals surface area (Å²) in [6.45, 7) is 0. The molecule has 0 bridgehead atoms. The average Bonchev–Trinajstić information content (AvgIpc) is 3.81. The second-order valence-electron chi connectivity index (χ2n) is 13.8. The largest absolute Gasteiger partial charge is 0.456 e. The Bertz CT molecular complexity index is 3190. The van der Waals surface area contributed by atoms with Gasteiger partial charge in [-0.05, 0) is 70.4 Å². The highest BCUT2D eigenvalue weighted by Gasteiger charge is 2.23. The highest BCUT2D eigenvalue weighted by molar-refractivity contribution is 7.26. The van der Waals surface area contributed by atoms with E-state index in [1.807, 2.05) is 6.07 Å². The number of furan rings is 1. The molecule has 5 heteroatoms. The fourth-order valence-electron chi connectivity index (χ4n) is 7.84. The molecule has 0 spiro atoms. The third-order valence-electron chi connectivity index (χ3n) is 10.4. The summed E-state index contributed by atoms with van der Waals surface area (Å²) >= 11 is 1.75. The number of fused-ring (bicyclic) bond motifs is 7. The lowest BCUT2D eigenvalue weighted by atomic mass is 10.0. The van der Waals surface area contributed by atoms with E-state index in [0.717, 1.165) is 87.8 Å². The number of hydrogen-bond donors (Lipinski definition) is 0. The molecule has 3 heterocycles. The lowest BCUT2D eigenvalue weighted by molar-refractivity contribution is 0.669. The third kappa shape index (κ3) is 5.36. The van der Waals surface area contributed by atoms with E-state index in [2.05, 4.69) is 187 Å². The van der Waals surface area contributed by atoms with Crippen LogP contribution in [0.5, 0.6) is 0 Å². The number of aromatic nitrogens is 2. The minimum absolute atomic E-state index is 0.657. The molecule has 0 amide bonds. The summed E-state index contributed by atoms with van der Waals surface area (Å²) in [5, 5.41) is 5.45. The molecule has 0 N–H and O–H groups in total. The van der Waals surface area contributed by atoms with Gasteiger partial charge in [-0.2, -0.15) is 0 Å². The molecule has 3 aromatic heterocycles. The standard InChI is InChI=1S/C50H31N3OS/c1-4-14-32(15-5-1)33-24-26-38(27-25-33)53(37-20-8-3-9-21-37)39-30-42(46-41-28-35-18-10-11-19-36(35)29-43(41)54-44(46)31-39)50-51-47(34-16-6-2-7-17-34)49-48(52-50)40-22-12-13-23-45(40)55-49/h1-31H. The first-order chi connectivity index (χ1) is 27.2. The monoisotopic (exact) mass is 721 g/mol. The number of rotatable bonds is 6. The Kier molecular flexibility index (Phi) is 7.32. The van der Waals surface area contributed by atoms with E-state index in [-0.39, 0.29) is 0 Å². The van der Waals surface area contributed by atoms with Crippen LogP contribution in [-0.2, 0) is 0 Å². The number of para-hydroxylation sites is 1. The van der Waals surface area contributed by atoms with Gasteiger partial charge in [0.05, 0.1) is 21.6 Å². The van der Waals surface area contributed by atoms with Crippen LogP contribution in [0.25, 0.3) is 86.8 Å². The maximum Gasteiger partial charge on any atom is 0.161 e. The molecule has 0 unspecified atom stereocenters. The molecule has 0 aliphatic carbocycles. The van der Waals surface area contributed by atoms with Gasteiger partial charge >= 0.3 is 0 Å². The molecule has 11 aromatic rings. The van der Waals surface area contributed by atoms with Crippen molar-refractivity contribution in [3.63, 3.8) is 0 Å². The Morgan fingerprint density at radius 3 is 1.84 bits per heavy atom. The molecule has 4 nitrogen and oxygen atoms in total. The van der Waals surface area contributed by atoms with Crippen LogP contribution in [0.3, 0.4) is 0 Å². The van der Waals surface area contributed by atoms with E-state index in [9.17, 15) is 0 Å². The van der Waals surface area contributed by atoms with Gasteiger partial charge in [0.2, 0.25) is 0 Å². The summed E-state index contributed by atoms with van der Waals surface area (Å²) in [6.07, 6.45) is 0. The Labute approximate surface area is 321 Å². The van der Waals surface area contributed by atoms with Crippen molar-refractivity contribution in [2.75, 3.05) is 4.90 Å². The van der Waals surface area contributed by atoms with Gasteiger partial charge in [-0.15, -0.1) is 11.3 Å². The molecule has 0 aliphatic heterocycles. The first-order valence-electron chi connectivity index (χ1n) is 18.4. The van der Waals surface area contributed by atoms with Crippen LogP contribution < -0.4 is 4.90 Å². The Balaban J connectivity index is 1.21. The zero-order valence-corrected chi connectivity index (χ0v) is 30.4. The van der Waals surface area contributed by atoms with Crippen molar-refractivity contribution in [2.24, 2.45) is 0 Å². The van der Waals surface area contributed by atoms with E-state index in [0.29, 0.717) is 5.82 Å². The second-order valence-corrected chi connectivity index (χ2v) is 14.8. The van der Waals surface area contributed by atoms with Crippen LogP contribution in [0.1, 0.15) is 0 Å². The summed E-state index contributed by atoms with van der Waals surface area (Å²) in [5.41, 5.74) is 10.8. The van der Waals surface area contributed by atoms with Crippen molar-refractivity contribution in [3.05, 3.63) is 188 Å². The molecule has 258 valence electrons. The summed E-state index contributed by atoms with van der Waals surface area (Å²) in [7, 11) is 0.